The highest BCUT2D eigenvalue weighted by Crippen LogP contribution is 2.26. The van der Waals surface area contributed by atoms with E-state index in [0.717, 1.165) is 50.0 Å². The van der Waals surface area contributed by atoms with Crippen molar-refractivity contribution in [2.24, 2.45) is 5.92 Å². The van der Waals surface area contributed by atoms with Crippen LogP contribution in [-0.4, -0.2) is 14.9 Å². The molecule has 1 aromatic heterocycles. The first kappa shape index (κ1) is 14.1. The van der Waals surface area contributed by atoms with Crippen molar-refractivity contribution < 1.29 is 5.11 Å². The van der Waals surface area contributed by atoms with E-state index in [1.165, 1.54) is 0 Å². The average Bonchev–Trinajstić information content (AvgIpc) is 2.55. The monoisotopic (exact) mass is 238 g/mol. The van der Waals surface area contributed by atoms with Crippen molar-refractivity contribution in [2.75, 3.05) is 0 Å². The van der Waals surface area contributed by atoms with E-state index in [-0.39, 0.29) is 0 Å². The third-order valence-electron chi connectivity index (χ3n) is 2.90. The smallest absolute Gasteiger partial charge is 0.160 e. The molecule has 0 atom stereocenters. The molecule has 0 aromatic carbocycles. The summed E-state index contributed by atoms with van der Waals surface area (Å²) in [6.07, 6.45) is 5.09. The fourth-order valence-corrected chi connectivity index (χ4v) is 2.04. The third-order valence-corrected chi connectivity index (χ3v) is 2.90. The van der Waals surface area contributed by atoms with Crippen molar-refractivity contribution in [1.82, 2.24) is 9.78 Å². The van der Waals surface area contributed by atoms with Gasteiger partial charge in [-0.05, 0) is 31.6 Å². The van der Waals surface area contributed by atoms with Crippen LogP contribution in [0.25, 0.3) is 0 Å². The molecule has 3 nitrogen and oxygen atoms in total. The van der Waals surface area contributed by atoms with Gasteiger partial charge in [-0.2, -0.15) is 5.10 Å². The molecule has 0 saturated carbocycles. The van der Waals surface area contributed by atoms with Gasteiger partial charge in [0.1, 0.15) is 5.69 Å². The van der Waals surface area contributed by atoms with Crippen LogP contribution in [-0.2, 0) is 19.4 Å². The number of hydrogen-bond donors (Lipinski definition) is 1. The van der Waals surface area contributed by atoms with Crippen molar-refractivity contribution in [3.63, 3.8) is 0 Å². The lowest BCUT2D eigenvalue weighted by Gasteiger charge is -2.08. The number of aryl methyl sites for hydroxylation is 2. The quantitative estimate of drug-likeness (QED) is 0.789. The number of nitrogens with zero attached hydrogens (tertiary/aromatic N) is 2. The first-order valence-electron chi connectivity index (χ1n) is 6.87. The van der Waals surface area contributed by atoms with E-state index in [2.05, 4.69) is 32.8 Å². The highest BCUT2D eigenvalue weighted by atomic mass is 16.3. The summed E-state index contributed by atoms with van der Waals surface area (Å²) >= 11 is 0. The molecule has 1 N–H and O–H groups in total. The zero-order valence-corrected chi connectivity index (χ0v) is 11.7. The Morgan fingerprint density at radius 3 is 2.47 bits per heavy atom. The SMILES string of the molecule is CCCCc1nn(CCC)c(CC(C)C)c1O. The Hall–Kier alpha value is -0.990. The molecule has 1 heterocycles. The lowest BCUT2D eigenvalue weighted by atomic mass is 10.1. The second-order valence-corrected chi connectivity index (χ2v) is 5.17. The van der Waals surface area contributed by atoms with Crippen LogP contribution in [0.1, 0.15) is 58.3 Å². The van der Waals surface area contributed by atoms with Gasteiger partial charge in [0.15, 0.2) is 5.75 Å². The second kappa shape index (κ2) is 6.67. The Balaban J connectivity index is 2.93. The Bertz CT molecular complexity index is 342. The summed E-state index contributed by atoms with van der Waals surface area (Å²) in [7, 11) is 0. The van der Waals surface area contributed by atoms with E-state index in [0.29, 0.717) is 11.7 Å². The molecule has 98 valence electrons. The lowest BCUT2D eigenvalue weighted by Crippen LogP contribution is -2.07. The second-order valence-electron chi connectivity index (χ2n) is 5.17. The van der Waals surface area contributed by atoms with Gasteiger partial charge < -0.3 is 5.11 Å². The summed E-state index contributed by atoms with van der Waals surface area (Å²) in [5, 5.41) is 14.8. The first-order chi connectivity index (χ1) is 8.10. The average molecular weight is 238 g/mol. The highest BCUT2D eigenvalue weighted by Gasteiger charge is 2.17. The molecule has 0 unspecified atom stereocenters. The standard InChI is InChI=1S/C14H26N2O/c1-5-7-8-12-14(17)13(10-11(3)4)16(15-12)9-6-2/h11,17H,5-10H2,1-4H3. The fourth-order valence-electron chi connectivity index (χ4n) is 2.04. The summed E-state index contributed by atoms with van der Waals surface area (Å²) in [5.74, 6) is 0.993. The van der Waals surface area contributed by atoms with E-state index >= 15 is 0 Å². The van der Waals surface area contributed by atoms with Gasteiger partial charge >= 0.3 is 0 Å². The van der Waals surface area contributed by atoms with E-state index in [4.69, 9.17) is 0 Å². The van der Waals surface area contributed by atoms with Crippen LogP contribution in [0, 0.1) is 5.92 Å². The molecule has 0 aliphatic carbocycles. The van der Waals surface area contributed by atoms with Gasteiger partial charge in [-0.1, -0.05) is 34.1 Å². The predicted molar refractivity (Wildman–Crippen MR) is 71.3 cm³/mol. The molecule has 0 aliphatic heterocycles. The summed E-state index contributed by atoms with van der Waals surface area (Å²) < 4.78 is 2.00. The maximum absolute atomic E-state index is 10.2. The van der Waals surface area contributed by atoms with Crippen molar-refractivity contribution in [3.8, 4) is 5.75 Å². The number of hydrogen-bond acceptors (Lipinski definition) is 2. The summed E-state index contributed by atoms with van der Waals surface area (Å²) in [6.45, 7) is 9.56. The molecule has 17 heavy (non-hydrogen) atoms. The minimum absolute atomic E-state index is 0.445. The van der Waals surface area contributed by atoms with Gasteiger partial charge in [0.05, 0.1) is 5.69 Å². The van der Waals surface area contributed by atoms with E-state index in [1.54, 1.807) is 0 Å². The van der Waals surface area contributed by atoms with Crippen LogP contribution in [0.5, 0.6) is 5.75 Å². The van der Waals surface area contributed by atoms with Gasteiger partial charge in [-0.25, -0.2) is 0 Å². The summed E-state index contributed by atoms with van der Waals surface area (Å²) in [6, 6.07) is 0. The lowest BCUT2D eigenvalue weighted by molar-refractivity contribution is 0.448. The van der Waals surface area contributed by atoms with E-state index in [9.17, 15) is 5.11 Å². The van der Waals surface area contributed by atoms with Crippen LogP contribution in [0.2, 0.25) is 0 Å². The van der Waals surface area contributed by atoms with Gasteiger partial charge in [-0.15, -0.1) is 0 Å². The minimum Gasteiger partial charge on any atom is -0.504 e. The maximum Gasteiger partial charge on any atom is 0.160 e. The molecule has 0 bridgehead atoms. The van der Waals surface area contributed by atoms with Crippen molar-refractivity contribution in [2.45, 2.75) is 66.3 Å². The zero-order chi connectivity index (χ0) is 12.8. The van der Waals surface area contributed by atoms with Crippen molar-refractivity contribution in [3.05, 3.63) is 11.4 Å². The normalized spacial score (nSPS) is 11.4. The van der Waals surface area contributed by atoms with Crippen molar-refractivity contribution >= 4 is 0 Å². The Morgan fingerprint density at radius 2 is 1.94 bits per heavy atom. The number of aromatic hydroxyl groups is 1. The van der Waals surface area contributed by atoms with Crippen LogP contribution in [0.15, 0.2) is 0 Å². The summed E-state index contributed by atoms with van der Waals surface area (Å²) in [4.78, 5) is 0. The van der Waals surface area contributed by atoms with Gasteiger partial charge in [0, 0.05) is 6.54 Å². The molecule has 0 spiro atoms. The molecule has 0 saturated heterocycles. The van der Waals surface area contributed by atoms with Gasteiger partial charge in [0.2, 0.25) is 0 Å². The molecule has 0 amide bonds. The van der Waals surface area contributed by atoms with E-state index < -0.39 is 0 Å². The number of rotatable bonds is 7. The zero-order valence-electron chi connectivity index (χ0n) is 11.7. The third kappa shape index (κ3) is 3.76. The van der Waals surface area contributed by atoms with Crippen LogP contribution < -0.4 is 0 Å². The first-order valence-corrected chi connectivity index (χ1v) is 6.87. The molecule has 1 aromatic rings. The molecular weight excluding hydrogens is 212 g/mol. The number of unbranched alkanes of at least 4 members (excludes halogenated alkanes) is 1. The maximum atomic E-state index is 10.2. The highest BCUT2D eigenvalue weighted by molar-refractivity contribution is 5.32. The van der Waals surface area contributed by atoms with Crippen LogP contribution in [0.4, 0.5) is 0 Å². The molecule has 0 fully saturated rings. The number of aromatic nitrogens is 2. The molecular formula is C14H26N2O. The van der Waals surface area contributed by atoms with Gasteiger partial charge in [0.25, 0.3) is 0 Å². The predicted octanol–water partition coefficient (Wildman–Crippen LogP) is 3.54. The molecule has 0 aliphatic rings. The largest absolute Gasteiger partial charge is 0.504 e. The topological polar surface area (TPSA) is 38.0 Å². The molecule has 3 heteroatoms. The Morgan fingerprint density at radius 1 is 1.24 bits per heavy atom. The Kier molecular flexibility index (Phi) is 5.52. The molecule has 0 radical (unpaired) electrons. The van der Waals surface area contributed by atoms with Crippen LogP contribution in [0.3, 0.4) is 0 Å². The Labute approximate surface area is 105 Å². The molecule has 1 rings (SSSR count). The summed E-state index contributed by atoms with van der Waals surface area (Å²) in [5.41, 5.74) is 1.91. The van der Waals surface area contributed by atoms with Gasteiger partial charge in [-0.3, -0.25) is 4.68 Å². The van der Waals surface area contributed by atoms with Crippen LogP contribution >= 0.6 is 0 Å². The van der Waals surface area contributed by atoms with Crippen molar-refractivity contribution in [1.29, 1.82) is 0 Å². The minimum atomic E-state index is 0.445. The fraction of sp³-hybridized carbons (Fsp3) is 0.786. The van der Waals surface area contributed by atoms with E-state index in [1.807, 2.05) is 4.68 Å².